The number of amides is 1. The molecule has 0 atom stereocenters. The summed E-state index contributed by atoms with van der Waals surface area (Å²) in [5.41, 5.74) is 1.44. The lowest BCUT2D eigenvalue weighted by Crippen LogP contribution is -2.33. The van der Waals surface area contributed by atoms with Gasteiger partial charge in [0.1, 0.15) is 23.6 Å². The van der Waals surface area contributed by atoms with E-state index in [0.29, 0.717) is 42.5 Å². The Bertz CT molecular complexity index is 1090. The maximum Gasteiger partial charge on any atom is 0.407 e. The number of nitrogens with one attached hydrogen (secondary N) is 3. The molecule has 3 rings (SSSR count). The molecular weight excluding hydrogens is 449 g/mol. The minimum Gasteiger partial charge on any atom is -0.444 e. The van der Waals surface area contributed by atoms with E-state index < -0.39 is 17.5 Å². The van der Waals surface area contributed by atoms with E-state index in [1.165, 1.54) is 18.5 Å². The third-order valence-corrected chi connectivity index (χ3v) is 4.44. The number of anilines is 3. The third kappa shape index (κ3) is 7.53. The van der Waals surface area contributed by atoms with Crippen LogP contribution < -0.4 is 16.0 Å². The molecule has 1 aromatic carbocycles. The van der Waals surface area contributed by atoms with Crippen molar-refractivity contribution in [3.63, 3.8) is 0 Å². The van der Waals surface area contributed by atoms with Crippen molar-refractivity contribution in [2.24, 2.45) is 0 Å². The summed E-state index contributed by atoms with van der Waals surface area (Å²) in [5.74, 6) is 0.338. The first kappa shape index (κ1) is 24.1. The van der Waals surface area contributed by atoms with E-state index in [4.69, 9.17) is 16.3 Å². The maximum atomic E-state index is 13.4. The van der Waals surface area contributed by atoms with E-state index in [0.717, 1.165) is 5.56 Å². The van der Waals surface area contributed by atoms with Crippen LogP contribution in [0.15, 0.2) is 43.1 Å². The molecule has 0 aliphatic heterocycles. The molecule has 0 fully saturated rings. The molecule has 11 heteroatoms. The number of benzene rings is 1. The van der Waals surface area contributed by atoms with E-state index in [2.05, 4.69) is 35.9 Å². The number of carbonyl (C=O) groups is 1. The Balaban J connectivity index is 1.68. The summed E-state index contributed by atoms with van der Waals surface area (Å²) in [6.07, 6.45) is 6.57. The second kappa shape index (κ2) is 10.9. The van der Waals surface area contributed by atoms with Crippen molar-refractivity contribution in [2.75, 3.05) is 23.7 Å². The molecule has 3 N–H and O–H groups in total. The number of nitrogens with zero attached hydrogens (tertiary/aromatic N) is 4. The maximum absolute atomic E-state index is 13.4. The highest BCUT2D eigenvalue weighted by Crippen LogP contribution is 2.27. The predicted octanol–water partition coefficient (Wildman–Crippen LogP) is 4.80. The number of alkyl carbamates (subject to hydrolysis) is 1. The van der Waals surface area contributed by atoms with Gasteiger partial charge in [-0.2, -0.15) is 4.98 Å². The van der Waals surface area contributed by atoms with E-state index in [-0.39, 0.29) is 5.02 Å². The van der Waals surface area contributed by atoms with Gasteiger partial charge in [0.2, 0.25) is 5.95 Å². The number of carbonyl (C=O) groups excluding carboxylic acids is 1. The second-order valence-electron chi connectivity index (χ2n) is 8.05. The van der Waals surface area contributed by atoms with Gasteiger partial charge in [0.15, 0.2) is 0 Å². The Kier molecular flexibility index (Phi) is 7.94. The zero-order chi connectivity index (χ0) is 23.8. The first-order chi connectivity index (χ1) is 15.7. The summed E-state index contributed by atoms with van der Waals surface area (Å²) in [6, 6.07) is 4.25. The molecule has 0 spiro atoms. The second-order valence-corrected chi connectivity index (χ2v) is 8.45. The van der Waals surface area contributed by atoms with Crippen LogP contribution in [0.5, 0.6) is 0 Å². The number of hydrogen-bond acceptors (Lipinski definition) is 8. The summed E-state index contributed by atoms with van der Waals surface area (Å²) < 4.78 is 18.6. The molecule has 3 aromatic rings. The van der Waals surface area contributed by atoms with Gasteiger partial charge in [0.25, 0.3) is 0 Å². The fourth-order valence-corrected chi connectivity index (χ4v) is 2.91. The van der Waals surface area contributed by atoms with Gasteiger partial charge in [-0.05, 0) is 45.4 Å². The molecule has 0 unspecified atom stereocenters. The Morgan fingerprint density at radius 1 is 1.15 bits per heavy atom. The standard InChI is InChI=1S/C22H25ClFN7O2/c1-22(2,3)33-21(32)28-8-4-7-27-19-16(14-10-25-13-26-11-14)12-29-20(31-19)30-15-5-6-18(24)17(23)9-15/h5-6,9-13H,4,7-8H2,1-3H3,(H,28,32)(H2,27,29,30,31). The van der Waals surface area contributed by atoms with Gasteiger partial charge >= 0.3 is 6.09 Å². The van der Waals surface area contributed by atoms with Crippen molar-refractivity contribution < 1.29 is 13.9 Å². The topological polar surface area (TPSA) is 114 Å². The van der Waals surface area contributed by atoms with Crippen LogP contribution in [-0.2, 0) is 4.74 Å². The summed E-state index contributed by atoms with van der Waals surface area (Å²) >= 11 is 5.85. The minimum atomic E-state index is -0.548. The predicted molar refractivity (Wildman–Crippen MR) is 125 cm³/mol. The Hall–Kier alpha value is -3.53. The molecule has 33 heavy (non-hydrogen) atoms. The third-order valence-electron chi connectivity index (χ3n) is 4.15. The zero-order valence-corrected chi connectivity index (χ0v) is 19.3. The van der Waals surface area contributed by atoms with Gasteiger partial charge in [-0.1, -0.05) is 11.6 Å². The molecule has 2 aromatic heterocycles. The molecule has 174 valence electrons. The first-order valence-electron chi connectivity index (χ1n) is 10.3. The van der Waals surface area contributed by atoms with Crippen molar-refractivity contribution in [1.82, 2.24) is 25.3 Å². The molecule has 2 heterocycles. The SMILES string of the molecule is CC(C)(C)OC(=O)NCCCNc1nc(Nc2ccc(F)c(Cl)c2)ncc1-c1cncnc1. The van der Waals surface area contributed by atoms with Gasteiger partial charge in [0, 0.05) is 48.5 Å². The quantitative estimate of drug-likeness (QED) is 0.400. The highest BCUT2D eigenvalue weighted by molar-refractivity contribution is 6.31. The lowest BCUT2D eigenvalue weighted by Gasteiger charge is -2.19. The molecule has 0 saturated carbocycles. The lowest BCUT2D eigenvalue weighted by atomic mass is 10.1. The largest absolute Gasteiger partial charge is 0.444 e. The van der Waals surface area contributed by atoms with E-state index >= 15 is 0 Å². The van der Waals surface area contributed by atoms with Crippen LogP contribution in [0.2, 0.25) is 5.02 Å². The van der Waals surface area contributed by atoms with Gasteiger partial charge in [-0.25, -0.2) is 24.1 Å². The molecule has 0 aliphatic rings. The van der Waals surface area contributed by atoms with Crippen LogP contribution in [0.3, 0.4) is 0 Å². The number of rotatable bonds is 8. The molecule has 9 nitrogen and oxygen atoms in total. The monoisotopic (exact) mass is 473 g/mol. The fraction of sp³-hybridized carbons (Fsp3) is 0.318. The lowest BCUT2D eigenvalue weighted by molar-refractivity contribution is 0.0528. The molecule has 1 amide bonds. The highest BCUT2D eigenvalue weighted by atomic mass is 35.5. The van der Waals surface area contributed by atoms with Crippen LogP contribution in [0.1, 0.15) is 27.2 Å². The molecule has 0 bridgehead atoms. The molecule has 0 saturated heterocycles. The van der Waals surface area contributed by atoms with Crippen molar-refractivity contribution in [3.8, 4) is 11.1 Å². The number of ether oxygens (including phenoxy) is 1. The van der Waals surface area contributed by atoms with Crippen LogP contribution >= 0.6 is 11.6 Å². The Morgan fingerprint density at radius 2 is 1.91 bits per heavy atom. The summed E-state index contributed by atoms with van der Waals surface area (Å²) in [7, 11) is 0. The fourth-order valence-electron chi connectivity index (χ4n) is 2.73. The van der Waals surface area contributed by atoms with Crippen LogP contribution in [0, 0.1) is 5.82 Å². The molecule has 0 radical (unpaired) electrons. The zero-order valence-electron chi connectivity index (χ0n) is 18.5. The molecule has 0 aliphatic carbocycles. The van der Waals surface area contributed by atoms with Crippen molar-refractivity contribution in [2.45, 2.75) is 32.8 Å². The van der Waals surface area contributed by atoms with Gasteiger partial charge in [-0.3, -0.25) is 0 Å². The number of aromatic nitrogens is 4. The highest BCUT2D eigenvalue weighted by Gasteiger charge is 2.15. The minimum absolute atomic E-state index is 0.00566. The van der Waals surface area contributed by atoms with Gasteiger partial charge < -0.3 is 20.7 Å². The first-order valence-corrected chi connectivity index (χ1v) is 10.6. The number of hydrogen-bond donors (Lipinski definition) is 3. The van der Waals surface area contributed by atoms with Crippen LogP contribution in [-0.4, -0.2) is 44.7 Å². The van der Waals surface area contributed by atoms with E-state index in [1.54, 1.807) is 24.7 Å². The summed E-state index contributed by atoms with van der Waals surface area (Å²) in [4.78, 5) is 28.7. The Labute approximate surface area is 196 Å². The Morgan fingerprint density at radius 3 is 2.61 bits per heavy atom. The van der Waals surface area contributed by atoms with Gasteiger partial charge in [0.05, 0.1) is 5.02 Å². The van der Waals surface area contributed by atoms with Crippen LogP contribution in [0.25, 0.3) is 11.1 Å². The normalized spacial score (nSPS) is 11.1. The van der Waals surface area contributed by atoms with Crippen molar-refractivity contribution in [1.29, 1.82) is 0 Å². The van der Waals surface area contributed by atoms with Crippen LogP contribution in [0.4, 0.5) is 26.6 Å². The van der Waals surface area contributed by atoms with Crippen molar-refractivity contribution >= 4 is 35.1 Å². The molecular formula is C22H25ClFN7O2. The van der Waals surface area contributed by atoms with Gasteiger partial charge in [-0.15, -0.1) is 0 Å². The average Bonchev–Trinajstić information content (AvgIpc) is 2.76. The average molecular weight is 474 g/mol. The smallest absolute Gasteiger partial charge is 0.407 e. The van der Waals surface area contributed by atoms with E-state index in [1.807, 2.05) is 20.8 Å². The summed E-state index contributed by atoms with van der Waals surface area (Å²) in [6.45, 7) is 6.38. The summed E-state index contributed by atoms with van der Waals surface area (Å²) in [5, 5.41) is 8.98. The number of halogens is 2. The van der Waals surface area contributed by atoms with Crippen molar-refractivity contribution in [3.05, 3.63) is 54.0 Å². The van der Waals surface area contributed by atoms with E-state index in [9.17, 15) is 9.18 Å².